The van der Waals surface area contributed by atoms with E-state index < -0.39 is 0 Å². The van der Waals surface area contributed by atoms with Crippen LogP contribution in [0.15, 0.2) is 30.3 Å². The number of benzene rings is 1. The maximum atomic E-state index is 8.81. The van der Waals surface area contributed by atoms with Crippen LogP contribution >= 0.6 is 0 Å². The molecule has 2 saturated heterocycles. The quantitative estimate of drug-likeness (QED) is 0.777. The molecule has 3 nitrogen and oxygen atoms in total. The second kappa shape index (κ2) is 6.06. The molecule has 2 aliphatic rings. The van der Waals surface area contributed by atoms with Crippen LogP contribution in [-0.4, -0.2) is 36.5 Å². The molecule has 1 aromatic rings. The molecule has 2 aliphatic heterocycles. The lowest BCUT2D eigenvalue weighted by Crippen LogP contribution is -2.58. The van der Waals surface area contributed by atoms with Crippen LogP contribution in [0, 0.1) is 5.41 Å². The van der Waals surface area contributed by atoms with Crippen LogP contribution in [0.4, 0.5) is 0 Å². The van der Waals surface area contributed by atoms with Gasteiger partial charge in [0, 0.05) is 13.1 Å². The summed E-state index contributed by atoms with van der Waals surface area (Å²) in [6.45, 7) is 10.3. The van der Waals surface area contributed by atoms with E-state index in [1.807, 2.05) is 0 Å². The highest BCUT2D eigenvalue weighted by molar-refractivity contribution is 5.44. The summed E-state index contributed by atoms with van der Waals surface area (Å²) in [7, 11) is 0. The number of hydrogen-bond acceptors (Lipinski definition) is 3. The Hall–Kier alpha value is -1.19. The zero-order valence-corrected chi connectivity index (χ0v) is 12.8. The number of carbonyl (C=O) groups is 1. The van der Waals surface area contributed by atoms with Crippen LogP contribution in [0.25, 0.3) is 0 Å². The first-order valence-electron chi connectivity index (χ1n) is 7.28. The van der Waals surface area contributed by atoms with Gasteiger partial charge in [0.2, 0.25) is 0 Å². The maximum Gasteiger partial charge on any atom is 0.116 e. The fraction of sp³-hybridized carbons (Fsp3) is 0.588. The molecule has 0 aromatic heterocycles. The number of likely N-dealkylation sites (tertiary alicyclic amines) is 1. The van der Waals surface area contributed by atoms with E-state index in [-0.39, 0.29) is 0 Å². The highest BCUT2D eigenvalue weighted by Gasteiger charge is 2.53. The van der Waals surface area contributed by atoms with Crippen LogP contribution in [0.2, 0.25) is 0 Å². The molecule has 0 radical (unpaired) electrons. The first-order valence-corrected chi connectivity index (χ1v) is 7.28. The third kappa shape index (κ3) is 3.28. The van der Waals surface area contributed by atoms with E-state index in [9.17, 15) is 0 Å². The molecule has 0 unspecified atom stereocenters. The van der Waals surface area contributed by atoms with Crippen molar-refractivity contribution in [1.82, 2.24) is 4.90 Å². The minimum Gasteiger partial charge on any atom is -0.377 e. The van der Waals surface area contributed by atoms with E-state index >= 15 is 0 Å². The fourth-order valence-electron chi connectivity index (χ4n) is 3.39. The minimum atomic E-state index is 0.333. The van der Waals surface area contributed by atoms with Gasteiger partial charge in [-0.15, -0.1) is 0 Å². The largest absolute Gasteiger partial charge is 0.377 e. The Morgan fingerprint density at radius 2 is 1.85 bits per heavy atom. The van der Waals surface area contributed by atoms with Crippen molar-refractivity contribution < 1.29 is 9.53 Å². The number of carbonyl (C=O) groups excluding carboxylic acids is 1. The maximum absolute atomic E-state index is 8.81. The highest BCUT2D eigenvalue weighted by atomic mass is 16.5. The van der Waals surface area contributed by atoms with Gasteiger partial charge in [-0.3, -0.25) is 4.90 Å². The number of ether oxygens (including phenoxy) is 1. The summed E-state index contributed by atoms with van der Waals surface area (Å²) in [5, 5.41) is 0. The summed E-state index contributed by atoms with van der Waals surface area (Å²) in [5.74, 6) is 0. The second-order valence-electron chi connectivity index (χ2n) is 6.64. The normalized spacial score (nSPS) is 22.8. The monoisotopic (exact) mass is 275 g/mol. The molecule has 3 rings (SSSR count). The Kier molecular flexibility index (Phi) is 4.61. The predicted octanol–water partition coefficient (Wildman–Crippen LogP) is 2.89. The smallest absolute Gasteiger partial charge is 0.116 e. The SMILES string of the molecule is CC1(C)CN(Cc2ccccc2)C2(COC2)C1.CC=O. The molecule has 0 amide bonds. The average molecular weight is 275 g/mol. The van der Waals surface area contributed by atoms with Gasteiger partial charge in [0.1, 0.15) is 6.29 Å². The molecule has 0 aliphatic carbocycles. The third-order valence-corrected chi connectivity index (χ3v) is 4.06. The van der Waals surface area contributed by atoms with E-state index in [0.29, 0.717) is 11.0 Å². The van der Waals surface area contributed by atoms with E-state index in [2.05, 4.69) is 49.1 Å². The Morgan fingerprint density at radius 3 is 2.35 bits per heavy atom. The van der Waals surface area contributed by atoms with Gasteiger partial charge in [-0.05, 0) is 24.3 Å². The Labute approximate surface area is 121 Å². The van der Waals surface area contributed by atoms with E-state index in [4.69, 9.17) is 9.53 Å². The van der Waals surface area contributed by atoms with Gasteiger partial charge in [0.15, 0.2) is 0 Å². The van der Waals surface area contributed by atoms with Crippen molar-refractivity contribution in [3.05, 3.63) is 35.9 Å². The highest BCUT2D eigenvalue weighted by Crippen LogP contribution is 2.45. The minimum absolute atomic E-state index is 0.333. The average Bonchev–Trinajstić information content (AvgIpc) is 2.63. The van der Waals surface area contributed by atoms with Crippen LogP contribution in [0.3, 0.4) is 0 Å². The van der Waals surface area contributed by atoms with Crippen molar-refractivity contribution in [3.63, 3.8) is 0 Å². The Balaban J connectivity index is 0.000000452. The third-order valence-electron chi connectivity index (χ3n) is 4.06. The molecule has 0 atom stereocenters. The van der Waals surface area contributed by atoms with Gasteiger partial charge in [-0.2, -0.15) is 0 Å². The molecule has 110 valence electrons. The zero-order chi connectivity index (χ0) is 14.6. The van der Waals surface area contributed by atoms with Gasteiger partial charge in [-0.25, -0.2) is 0 Å². The van der Waals surface area contributed by atoms with Crippen LogP contribution in [-0.2, 0) is 16.1 Å². The number of nitrogens with zero attached hydrogens (tertiary/aromatic N) is 1. The van der Waals surface area contributed by atoms with Gasteiger partial charge in [0.25, 0.3) is 0 Å². The lowest BCUT2D eigenvalue weighted by atomic mass is 9.83. The van der Waals surface area contributed by atoms with Gasteiger partial charge in [0.05, 0.1) is 18.8 Å². The summed E-state index contributed by atoms with van der Waals surface area (Å²) in [5.41, 5.74) is 2.18. The van der Waals surface area contributed by atoms with Crippen LogP contribution < -0.4 is 0 Å². The van der Waals surface area contributed by atoms with E-state index in [0.717, 1.165) is 26.0 Å². The first-order chi connectivity index (χ1) is 9.51. The van der Waals surface area contributed by atoms with E-state index in [1.165, 1.54) is 25.5 Å². The van der Waals surface area contributed by atoms with Crippen molar-refractivity contribution in [3.8, 4) is 0 Å². The summed E-state index contributed by atoms with van der Waals surface area (Å²) in [6.07, 6.45) is 2.02. The van der Waals surface area contributed by atoms with Gasteiger partial charge < -0.3 is 9.53 Å². The lowest BCUT2D eigenvalue weighted by molar-refractivity contribution is -0.126. The summed E-state index contributed by atoms with van der Waals surface area (Å²) < 4.78 is 5.48. The molecule has 0 N–H and O–H groups in total. The molecule has 0 bridgehead atoms. The molecule has 1 spiro atoms. The topological polar surface area (TPSA) is 29.5 Å². The van der Waals surface area contributed by atoms with Crippen LogP contribution in [0.1, 0.15) is 32.8 Å². The van der Waals surface area contributed by atoms with E-state index in [1.54, 1.807) is 0 Å². The molecule has 2 heterocycles. The molecule has 3 heteroatoms. The van der Waals surface area contributed by atoms with Crippen molar-refractivity contribution in [1.29, 1.82) is 0 Å². The standard InChI is InChI=1S/C15H21NO.C2H4O/c1-14(2)9-15(11-17-12-15)16(10-14)8-13-6-4-3-5-7-13;1-2-3/h3-7H,8-12H2,1-2H3;2H,1H3. The van der Waals surface area contributed by atoms with Crippen molar-refractivity contribution >= 4 is 6.29 Å². The number of aldehydes is 1. The first kappa shape index (κ1) is 15.2. The number of hydrogen-bond donors (Lipinski definition) is 0. The zero-order valence-electron chi connectivity index (χ0n) is 12.8. The lowest BCUT2D eigenvalue weighted by Gasteiger charge is -2.45. The summed E-state index contributed by atoms with van der Waals surface area (Å²) in [6, 6.07) is 10.8. The van der Waals surface area contributed by atoms with Crippen molar-refractivity contribution in [2.75, 3.05) is 19.8 Å². The van der Waals surface area contributed by atoms with Crippen molar-refractivity contribution in [2.24, 2.45) is 5.41 Å². The molecule has 20 heavy (non-hydrogen) atoms. The molecular weight excluding hydrogens is 250 g/mol. The van der Waals surface area contributed by atoms with Crippen LogP contribution in [0.5, 0.6) is 0 Å². The van der Waals surface area contributed by atoms with Gasteiger partial charge >= 0.3 is 0 Å². The van der Waals surface area contributed by atoms with Crippen molar-refractivity contribution in [2.45, 2.75) is 39.3 Å². The fourth-order valence-corrected chi connectivity index (χ4v) is 3.39. The molecule has 2 fully saturated rings. The van der Waals surface area contributed by atoms with Gasteiger partial charge in [-0.1, -0.05) is 44.2 Å². The Morgan fingerprint density at radius 1 is 1.25 bits per heavy atom. The molecular formula is C17H25NO2. The summed E-state index contributed by atoms with van der Waals surface area (Å²) >= 11 is 0. The second-order valence-corrected chi connectivity index (χ2v) is 6.64. The number of rotatable bonds is 2. The Bertz CT molecular complexity index is 438. The summed E-state index contributed by atoms with van der Waals surface area (Å²) in [4.78, 5) is 11.4. The molecule has 0 saturated carbocycles. The predicted molar refractivity (Wildman–Crippen MR) is 80.5 cm³/mol. The molecule has 1 aromatic carbocycles.